The van der Waals surface area contributed by atoms with Crippen LogP contribution >= 0.6 is 0 Å². The van der Waals surface area contributed by atoms with Crippen molar-refractivity contribution in [1.82, 2.24) is 15.5 Å². The Hall–Kier alpha value is -1.88. The summed E-state index contributed by atoms with van der Waals surface area (Å²) in [5.74, 6) is -0.129. The van der Waals surface area contributed by atoms with Crippen LogP contribution < -0.4 is 10.6 Å². The molecule has 0 aliphatic rings. The molecule has 0 aromatic heterocycles. The summed E-state index contributed by atoms with van der Waals surface area (Å²) in [5.41, 5.74) is 1.11. The van der Waals surface area contributed by atoms with Gasteiger partial charge in [-0.25, -0.2) is 0 Å². The van der Waals surface area contributed by atoms with Crippen LogP contribution in [0.5, 0.6) is 0 Å². The summed E-state index contributed by atoms with van der Waals surface area (Å²) in [6.07, 6.45) is 1.89. The minimum atomic E-state index is -0.0662. The van der Waals surface area contributed by atoms with Crippen molar-refractivity contribution in [3.05, 3.63) is 35.9 Å². The van der Waals surface area contributed by atoms with Crippen LogP contribution in [0.1, 0.15) is 45.2 Å². The van der Waals surface area contributed by atoms with Crippen molar-refractivity contribution >= 4 is 11.8 Å². The van der Waals surface area contributed by atoms with Gasteiger partial charge in [0, 0.05) is 6.04 Å². The van der Waals surface area contributed by atoms with Crippen LogP contribution in [0.25, 0.3) is 0 Å². The molecule has 1 aromatic rings. The monoisotopic (exact) mass is 319 g/mol. The van der Waals surface area contributed by atoms with E-state index in [0.717, 1.165) is 18.4 Å². The Morgan fingerprint density at radius 1 is 1.04 bits per heavy atom. The predicted molar refractivity (Wildman–Crippen MR) is 93.0 cm³/mol. The summed E-state index contributed by atoms with van der Waals surface area (Å²) in [5, 5.41) is 5.89. The number of nitrogens with zero attached hydrogens (tertiary/aromatic N) is 1. The Morgan fingerprint density at radius 3 is 2.13 bits per heavy atom. The summed E-state index contributed by atoms with van der Waals surface area (Å²) in [4.78, 5) is 25.7. The average Bonchev–Trinajstić information content (AvgIpc) is 2.46. The number of carbonyl (C=O) groups is 2. The molecule has 0 aliphatic heterocycles. The Kier molecular flexibility index (Phi) is 8.33. The van der Waals surface area contributed by atoms with E-state index >= 15 is 0 Å². The van der Waals surface area contributed by atoms with Gasteiger partial charge in [0.15, 0.2) is 0 Å². The van der Waals surface area contributed by atoms with E-state index in [1.165, 1.54) is 0 Å². The summed E-state index contributed by atoms with van der Waals surface area (Å²) >= 11 is 0. The highest BCUT2D eigenvalue weighted by Crippen LogP contribution is 2.17. The number of likely N-dealkylation sites (N-methyl/N-ethyl adjacent to an activating group) is 1. The molecule has 5 nitrogen and oxygen atoms in total. The van der Waals surface area contributed by atoms with Gasteiger partial charge in [-0.15, -0.1) is 0 Å². The fourth-order valence-electron chi connectivity index (χ4n) is 2.45. The molecule has 0 aliphatic carbocycles. The fraction of sp³-hybridized carbons (Fsp3) is 0.556. The Balaban J connectivity index is 2.51. The molecular formula is C18H29N3O2. The van der Waals surface area contributed by atoms with Gasteiger partial charge in [-0.05, 0) is 32.9 Å². The maximum atomic E-state index is 12.2. The highest BCUT2D eigenvalue weighted by atomic mass is 16.2. The van der Waals surface area contributed by atoms with Gasteiger partial charge in [-0.1, -0.05) is 43.7 Å². The summed E-state index contributed by atoms with van der Waals surface area (Å²) in [6.45, 7) is 6.36. The molecular weight excluding hydrogens is 290 g/mol. The SMILES string of the molecule is CCCC(NC(=O)CN(C)CC(=O)NC(C)C)c1ccccc1. The topological polar surface area (TPSA) is 61.4 Å². The van der Waals surface area contributed by atoms with Gasteiger partial charge in [-0.3, -0.25) is 14.5 Å². The van der Waals surface area contributed by atoms with Crippen LogP contribution in [0.15, 0.2) is 30.3 Å². The van der Waals surface area contributed by atoms with Crippen LogP contribution in [-0.2, 0) is 9.59 Å². The van der Waals surface area contributed by atoms with Gasteiger partial charge in [0.2, 0.25) is 11.8 Å². The third-order valence-corrected chi connectivity index (χ3v) is 3.39. The van der Waals surface area contributed by atoms with Crippen molar-refractivity contribution < 1.29 is 9.59 Å². The van der Waals surface area contributed by atoms with E-state index in [9.17, 15) is 9.59 Å². The minimum Gasteiger partial charge on any atom is -0.353 e. The molecule has 0 spiro atoms. The van der Waals surface area contributed by atoms with Crippen molar-refractivity contribution in [3.8, 4) is 0 Å². The molecule has 0 radical (unpaired) electrons. The van der Waals surface area contributed by atoms with Crippen molar-refractivity contribution in [2.24, 2.45) is 0 Å². The van der Waals surface area contributed by atoms with Gasteiger partial charge < -0.3 is 10.6 Å². The molecule has 0 bridgehead atoms. The first-order valence-electron chi connectivity index (χ1n) is 8.24. The predicted octanol–water partition coefficient (Wildman–Crippen LogP) is 2.10. The molecule has 1 atom stereocenters. The van der Waals surface area contributed by atoms with Gasteiger partial charge in [0.25, 0.3) is 0 Å². The minimum absolute atomic E-state index is 0.0200. The normalized spacial score (nSPS) is 12.3. The van der Waals surface area contributed by atoms with Crippen LogP contribution in [0.4, 0.5) is 0 Å². The van der Waals surface area contributed by atoms with Crippen molar-refractivity contribution in [3.63, 3.8) is 0 Å². The molecule has 0 fully saturated rings. The van der Waals surface area contributed by atoms with Crippen molar-refractivity contribution in [2.75, 3.05) is 20.1 Å². The molecule has 2 N–H and O–H groups in total. The second kappa shape index (κ2) is 10.0. The largest absolute Gasteiger partial charge is 0.353 e. The molecule has 23 heavy (non-hydrogen) atoms. The molecule has 1 unspecified atom stereocenters. The number of carbonyl (C=O) groups excluding carboxylic acids is 2. The zero-order valence-electron chi connectivity index (χ0n) is 14.6. The maximum absolute atomic E-state index is 12.2. The van der Waals surface area contributed by atoms with E-state index in [1.54, 1.807) is 11.9 Å². The summed E-state index contributed by atoms with van der Waals surface area (Å²) in [6, 6.07) is 10.1. The second-order valence-corrected chi connectivity index (χ2v) is 6.21. The standard InChI is InChI=1S/C18H29N3O2/c1-5-9-16(15-10-7-6-8-11-15)20-18(23)13-21(4)12-17(22)19-14(2)3/h6-8,10-11,14,16H,5,9,12-13H2,1-4H3,(H,19,22)(H,20,23). The number of hydrogen-bond acceptors (Lipinski definition) is 3. The lowest BCUT2D eigenvalue weighted by atomic mass is 10.0. The summed E-state index contributed by atoms with van der Waals surface area (Å²) in [7, 11) is 1.77. The number of benzene rings is 1. The number of nitrogens with one attached hydrogen (secondary N) is 2. The van der Waals surface area contributed by atoms with Gasteiger partial charge in [-0.2, -0.15) is 0 Å². The second-order valence-electron chi connectivity index (χ2n) is 6.21. The quantitative estimate of drug-likeness (QED) is 0.733. The molecule has 0 saturated heterocycles. The lowest BCUT2D eigenvalue weighted by Gasteiger charge is -2.21. The van der Waals surface area contributed by atoms with Crippen LogP contribution in [0.2, 0.25) is 0 Å². The zero-order valence-corrected chi connectivity index (χ0v) is 14.6. The first kappa shape index (κ1) is 19.2. The molecule has 0 saturated carbocycles. The van der Waals surface area contributed by atoms with E-state index in [4.69, 9.17) is 0 Å². The smallest absolute Gasteiger partial charge is 0.234 e. The van der Waals surface area contributed by atoms with Gasteiger partial charge in [0.1, 0.15) is 0 Å². The fourth-order valence-corrected chi connectivity index (χ4v) is 2.45. The van der Waals surface area contributed by atoms with Crippen LogP contribution in [-0.4, -0.2) is 42.9 Å². The molecule has 1 rings (SSSR count). The summed E-state index contributed by atoms with van der Waals surface area (Å²) < 4.78 is 0. The first-order chi connectivity index (χ1) is 10.9. The molecule has 0 heterocycles. The van der Waals surface area contributed by atoms with Crippen LogP contribution in [0.3, 0.4) is 0 Å². The lowest BCUT2D eigenvalue weighted by molar-refractivity contribution is -0.125. The zero-order chi connectivity index (χ0) is 17.2. The first-order valence-corrected chi connectivity index (χ1v) is 8.24. The third-order valence-electron chi connectivity index (χ3n) is 3.39. The molecule has 1 aromatic carbocycles. The Morgan fingerprint density at radius 2 is 1.61 bits per heavy atom. The Bertz CT molecular complexity index is 488. The Labute approximate surface area is 139 Å². The lowest BCUT2D eigenvalue weighted by Crippen LogP contribution is -2.43. The number of amides is 2. The third kappa shape index (κ3) is 7.79. The van der Waals surface area contributed by atoms with Crippen molar-refractivity contribution in [2.45, 2.75) is 45.7 Å². The highest BCUT2D eigenvalue weighted by Gasteiger charge is 2.16. The van der Waals surface area contributed by atoms with E-state index in [0.29, 0.717) is 0 Å². The van der Waals surface area contributed by atoms with E-state index in [1.807, 2.05) is 44.2 Å². The molecule has 5 heteroatoms. The number of hydrogen-bond donors (Lipinski definition) is 2. The highest BCUT2D eigenvalue weighted by molar-refractivity contribution is 5.81. The van der Waals surface area contributed by atoms with E-state index < -0.39 is 0 Å². The molecule has 128 valence electrons. The van der Waals surface area contributed by atoms with Gasteiger partial charge in [0.05, 0.1) is 19.1 Å². The van der Waals surface area contributed by atoms with Gasteiger partial charge >= 0.3 is 0 Å². The average molecular weight is 319 g/mol. The van der Waals surface area contributed by atoms with E-state index in [-0.39, 0.29) is 37.0 Å². The van der Waals surface area contributed by atoms with Crippen molar-refractivity contribution in [1.29, 1.82) is 0 Å². The number of rotatable bonds is 9. The maximum Gasteiger partial charge on any atom is 0.234 e. The van der Waals surface area contributed by atoms with E-state index in [2.05, 4.69) is 17.6 Å². The molecule has 2 amide bonds. The van der Waals surface area contributed by atoms with Crippen LogP contribution in [0, 0.1) is 0 Å².